The third-order valence-electron chi connectivity index (χ3n) is 4.48. The minimum absolute atomic E-state index is 0.0877. The summed E-state index contributed by atoms with van der Waals surface area (Å²) in [5.74, 6) is 0.00753. The van der Waals surface area contributed by atoms with E-state index < -0.39 is 0 Å². The van der Waals surface area contributed by atoms with E-state index in [2.05, 4.69) is 43.0 Å². The predicted octanol–water partition coefficient (Wildman–Crippen LogP) is 3.97. The SMILES string of the molecule is CCN(CC)c1ccc(CC(CN)c2ccc(OC)c(F)c2)cc1. The Balaban J connectivity index is 2.14. The van der Waals surface area contributed by atoms with Gasteiger partial charge in [-0.1, -0.05) is 18.2 Å². The maximum Gasteiger partial charge on any atom is 0.165 e. The van der Waals surface area contributed by atoms with Crippen LogP contribution in [0.2, 0.25) is 0 Å². The lowest BCUT2D eigenvalue weighted by Crippen LogP contribution is -2.21. The highest BCUT2D eigenvalue weighted by atomic mass is 19.1. The van der Waals surface area contributed by atoms with Crippen LogP contribution in [0.25, 0.3) is 0 Å². The molecule has 2 aromatic carbocycles. The molecule has 0 bridgehead atoms. The first-order chi connectivity index (χ1) is 11.6. The van der Waals surface area contributed by atoms with Crippen molar-refractivity contribution < 1.29 is 9.13 Å². The summed E-state index contributed by atoms with van der Waals surface area (Å²) >= 11 is 0. The summed E-state index contributed by atoms with van der Waals surface area (Å²) < 4.78 is 18.9. The first-order valence-electron chi connectivity index (χ1n) is 8.50. The van der Waals surface area contributed by atoms with Gasteiger partial charge in [0.1, 0.15) is 0 Å². The molecule has 24 heavy (non-hydrogen) atoms. The maximum absolute atomic E-state index is 13.9. The second kappa shape index (κ2) is 8.69. The predicted molar refractivity (Wildman–Crippen MR) is 98.5 cm³/mol. The van der Waals surface area contributed by atoms with Crippen LogP contribution in [0, 0.1) is 5.82 Å². The van der Waals surface area contributed by atoms with Gasteiger partial charge in [-0.15, -0.1) is 0 Å². The number of rotatable bonds is 8. The van der Waals surface area contributed by atoms with Gasteiger partial charge in [-0.2, -0.15) is 0 Å². The number of benzene rings is 2. The normalized spacial score (nSPS) is 12.0. The van der Waals surface area contributed by atoms with Gasteiger partial charge in [-0.3, -0.25) is 0 Å². The van der Waals surface area contributed by atoms with Gasteiger partial charge in [0.2, 0.25) is 0 Å². The van der Waals surface area contributed by atoms with Gasteiger partial charge in [0.15, 0.2) is 11.6 Å². The fourth-order valence-corrected chi connectivity index (χ4v) is 2.99. The monoisotopic (exact) mass is 330 g/mol. The van der Waals surface area contributed by atoms with Crippen LogP contribution in [0.4, 0.5) is 10.1 Å². The second-order valence-corrected chi connectivity index (χ2v) is 5.87. The molecular formula is C20H27FN2O. The van der Waals surface area contributed by atoms with E-state index >= 15 is 0 Å². The molecular weight excluding hydrogens is 303 g/mol. The quantitative estimate of drug-likeness (QED) is 0.796. The molecule has 2 rings (SSSR count). The summed E-state index contributed by atoms with van der Waals surface area (Å²) in [6.45, 7) is 6.77. The van der Waals surface area contributed by atoms with Crippen LogP contribution in [-0.4, -0.2) is 26.7 Å². The topological polar surface area (TPSA) is 38.5 Å². The van der Waals surface area contributed by atoms with Gasteiger partial charge >= 0.3 is 0 Å². The number of hydrogen-bond donors (Lipinski definition) is 1. The molecule has 2 aromatic rings. The Hall–Kier alpha value is -2.07. The molecule has 0 aliphatic heterocycles. The number of halogens is 1. The van der Waals surface area contributed by atoms with Crippen molar-refractivity contribution in [2.24, 2.45) is 5.73 Å². The third-order valence-corrected chi connectivity index (χ3v) is 4.48. The van der Waals surface area contributed by atoms with Gasteiger partial charge < -0.3 is 15.4 Å². The highest BCUT2D eigenvalue weighted by molar-refractivity contribution is 5.47. The molecule has 3 nitrogen and oxygen atoms in total. The van der Waals surface area contributed by atoms with Gasteiger partial charge in [0.05, 0.1) is 7.11 Å². The first-order valence-corrected chi connectivity index (χ1v) is 8.50. The Labute approximate surface area is 144 Å². The molecule has 0 saturated carbocycles. The molecule has 0 spiro atoms. The van der Waals surface area contributed by atoms with E-state index in [1.165, 1.54) is 24.4 Å². The van der Waals surface area contributed by atoms with Crippen LogP contribution >= 0.6 is 0 Å². The lowest BCUT2D eigenvalue weighted by Gasteiger charge is -2.22. The summed E-state index contributed by atoms with van der Waals surface area (Å²) in [7, 11) is 1.47. The van der Waals surface area contributed by atoms with Crippen molar-refractivity contribution in [2.45, 2.75) is 26.2 Å². The van der Waals surface area contributed by atoms with Crippen molar-refractivity contribution in [1.82, 2.24) is 0 Å². The molecule has 0 fully saturated rings. The summed E-state index contributed by atoms with van der Waals surface area (Å²) in [6.07, 6.45) is 0.792. The zero-order chi connectivity index (χ0) is 17.5. The molecule has 130 valence electrons. The van der Waals surface area contributed by atoms with Crippen molar-refractivity contribution in [2.75, 3.05) is 31.6 Å². The average molecular weight is 330 g/mol. The zero-order valence-corrected chi connectivity index (χ0v) is 14.8. The molecule has 1 unspecified atom stereocenters. The molecule has 1 atom stereocenters. The van der Waals surface area contributed by atoms with E-state index in [-0.39, 0.29) is 17.5 Å². The van der Waals surface area contributed by atoms with E-state index in [1.807, 2.05) is 6.07 Å². The Morgan fingerprint density at radius 3 is 2.25 bits per heavy atom. The van der Waals surface area contributed by atoms with Gasteiger partial charge in [0, 0.05) is 24.7 Å². The Kier molecular flexibility index (Phi) is 6.62. The van der Waals surface area contributed by atoms with Crippen LogP contribution in [-0.2, 0) is 6.42 Å². The Morgan fingerprint density at radius 2 is 1.75 bits per heavy atom. The van der Waals surface area contributed by atoms with E-state index in [0.717, 1.165) is 25.1 Å². The molecule has 0 saturated heterocycles. The van der Waals surface area contributed by atoms with Crippen molar-refractivity contribution in [3.05, 3.63) is 59.4 Å². The number of ether oxygens (including phenoxy) is 1. The fourth-order valence-electron chi connectivity index (χ4n) is 2.99. The van der Waals surface area contributed by atoms with Crippen molar-refractivity contribution in [3.8, 4) is 5.75 Å². The fraction of sp³-hybridized carbons (Fsp3) is 0.400. The minimum Gasteiger partial charge on any atom is -0.494 e. The maximum atomic E-state index is 13.9. The molecule has 0 aliphatic carbocycles. The summed E-state index contributed by atoms with van der Waals surface area (Å²) in [5.41, 5.74) is 9.27. The number of nitrogens with zero attached hydrogens (tertiary/aromatic N) is 1. The van der Waals surface area contributed by atoms with Crippen molar-refractivity contribution in [1.29, 1.82) is 0 Å². The average Bonchev–Trinajstić information content (AvgIpc) is 2.62. The zero-order valence-electron chi connectivity index (χ0n) is 14.8. The van der Waals surface area contributed by atoms with Crippen LogP contribution in [0.1, 0.15) is 30.9 Å². The van der Waals surface area contributed by atoms with Gasteiger partial charge in [-0.05, 0) is 62.2 Å². The lowest BCUT2D eigenvalue weighted by molar-refractivity contribution is 0.386. The number of anilines is 1. The smallest absolute Gasteiger partial charge is 0.165 e. The second-order valence-electron chi connectivity index (χ2n) is 5.87. The van der Waals surface area contributed by atoms with Crippen LogP contribution < -0.4 is 15.4 Å². The number of hydrogen-bond acceptors (Lipinski definition) is 3. The summed E-state index contributed by atoms with van der Waals surface area (Å²) in [4.78, 5) is 2.31. The third kappa shape index (κ3) is 4.26. The van der Waals surface area contributed by atoms with Crippen LogP contribution in [0.15, 0.2) is 42.5 Å². The summed E-state index contributed by atoms with van der Waals surface area (Å²) in [6, 6.07) is 13.6. The number of methoxy groups -OCH3 is 1. The van der Waals surface area contributed by atoms with E-state index in [9.17, 15) is 4.39 Å². The molecule has 0 heterocycles. The Bertz CT molecular complexity index is 639. The minimum atomic E-state index is -0.342. The molecule has 0 aromatic heterocycles. The van der Waals surface area contributed by atoms with Crippen LogP contribution in [0.3, 0.4) is 0 Å². The number of nitrogens with two attached hydrogens (primary N) is 1. The van der Waals surface area contributed by atoms with E-state index in [4.69, 9.17) is 10.5 Å². The molecule has 4 heteroatoms. The standard InChI is InChI=1S/C20H27FN2O/c1-4-23(5-2)18-9-6-15(7-10-18)12-17(14-22)16-8-11-20(24-3)19(21)13-16/h6-11,13,17H,4-5,12,14,22H2,1-3H3. The van der Waals surface area contributed by atoms with Crippen LogP contribution in [0.5, 0.6) is 5.75 Å². The highest BCUT2D eigenvalue weighted by Gasteiger charge is 2.14. The van der Waals surface area contributed by atoms with Crippen molar-refractivity contribution >= 4 is 5.69 Å². The van der Waals surface area contributed by atoms with E-state index in [1.54, 1.807) is 6.07 Å². The first kappa shape index (κ1) is 18.3. The Morgan fingerprint density at radius 1 is 1.08 bits per heavy atom. The van der Waals surface area contributed by atoms with Gasteiger partial charge in [0.25, 0.3) is 0 Å². The molecule has 0 amide bonds. The van der Waals surface area contributed by atoms with E-state index in [0.29, 0.717) is 6.54 Å². The molecule has 0 radical (unpaired) electrons. The van der Waals surface area contributed by atoms with Gasteiger partial charge in [-0.25, -0.2) is 4.39 Å². The molecule has 2 N–H and O–H groups in total. The molecule has 0 aliphatic rings. The highest BCUT2D eigenvalue weighted by Crippen LogP contribution is 2.26. The van der Waals surface area contributed by atoms with Crippen molar-refractivity contribution in [3.63, 3.8) is 0 Å². The lowest BCUT2D eigenvalue weighted by atomic mass is 9.92. The largest absolute Gasteiger partial charge is 0.494 e. The summed E-state index contributed by atoms with van der Waals surface area (Å²) in [5, 5.41) is 0.